The van der Waals surface area contributed by atoms with Crippen LogP contribution in [0.5, 0.6) is 5.75 Å². The molecule has 2 atom stereocenters. The van der Waals surface area contributed by atoms with E-state index in [4.69, 9.17) is 9.15 Å². The molecule has 4 rings (SSSR count). The summed E-state index contributed by atoms with van der Waals surface area (Å²) >= 11 is 0. The summed E-state index contributed by atoms with van der Waals surface area (Å²) in [5, 5.41) is 12.4. The van der Waals surface area contributed by atoms with Gasteiger partial charge in [-0.25, -0.2) is 4.98 Å². The smallest absolute Gasteiger partial charge is 0.232 e. The molecule has 1 fully saturated rings. The van der Waals surface area contributed by atoms with Crippen LogP contribution in [0.25, 0.3) is 0 Å². The summed E-state index contributed by atoms with van der Waals surface area (Å²) in [6.07, 6.45) is 1.01. The molecule has 1 aromatic heterocycles. The zero-order valence-electron chi connectivity index (χ0n) is 14.3. The Bertz CT molecular complexity index is 900. The molecule has 1 N–H and O–H groups in total. The average Bonchev–Trinajstić information content (AvgIpc) is 3.40. The minimum Gasteiger partial charge on any atom is -0.492 e. The third kappa shape index (κ3) is 3.55. The molecule has 0 saturated heterocycles. The lowest BCUT2D eigenvalue weighted by atomic mass is 10.1. The molecule has 0 unspecified atom stereocenters. The molecule has 2 aromatic carbocycles. The highest BCUT2D eigenvalue weighted by atomic mass is 16.5. The van der Waals surface area contributed by atoms with Crippen LogP contribution in [-0.2, 0) is 0 Å². The van der Waals surface area contributed by atoms with Crippen molar-refractivity contribution in [2.75, 3.05) is 18.5 Å². The topological polar surface area (TPSA) is 71.1 Å². The Morgan fingerprint density at radius 3 is 2.54 bits per heavy atom. The van der Waals surface area contributed by atoms with Crippen LogP contribution in [0.2, 0.25) is 0 Å². The Hall–Kier alpha value is -3.26. The number of hydrogen-bond acceptors (Lipinski definition) is 5. The Labute approximate surface area is 152 Å². The van der Waals surface area contributed by atoms with E-state index >= 15 is 0 Å². The minimum atomic E-state index is 0.251. The number of ether oxygens (including phenoxy) is 1. The van der Waals surface area contributed by atoms with Gasteiger partial charge in [0.05, 0.1) is 6.54 Å². The van der Waals surface area contributed by atoms with Gasteiger partial charge in [-0.3, -0.25) is 0 Å². The van der Waals surface area contributed by atoms with E-state index in [0.29, 0.717) is 36.5 Å². The molecule has 0 radical (unpaired) electrons. The van der Waals surface area contributed by atoms with E-state index in [2.05, 4.69) is 28.5 Å². The molecule has 0 spiro atoms. The van der Waals surface area contributed by atoms with Crippen molar-refractivity contribution < 1.29 is 9.15 Å². The van der Waals surface area contributed by atoms with Gasteiger partial charge in [0.15, 0.2) is 0 Å². The summed E-state index contributed by atoms with van der Waals surface area (Å²) in [6, 6.07) is 22.1. The van der Waals surface area contributed by atoms with Gasteiger partial charge < -0.3 is 14.5 Å². The minimum absolute atomic E-state index is 0.251. The molecule has 1 heterocycles. The Morgan fingerprint density at radius 2 is 1.81 bits per heavy atom. The monoisotopic (exact) mass is 345 g/mol. The van der Waals surface area contributed by atoms with E-state index in [-0.39, 0.29) is 5.92 Å². The zero-order valence-corrected chi connectivity index (χ0v) is 14.3. The molecule has 5 nitrogen and oxygen atoms in total. The lowest BCUT2D eigenvalue weighted by Crippen LogP contribution is -2.11. The first-order valence-electron chi connectivity index (χ1n) is 8.72. The highest BCUT2D eigenvalue weighted by molar-refractivity contribution is 5.46. The maximum Gasteiger partial charge on any atom is 0.232 e. The lowest BCUT2D eigenvalue weighted by Gasteiger charge is -2.06. The molecule has 0 bridgehead atoms. The van der Waals surface area contributed by atoms with Crippen molar-refractivity contribution in [1.82, 2.24) is 4.98 Å². The van der Waals surface area contributed by atoms with Crippen molar-refractivity contribution in [3.05, 3.63) is 77.8 Å². The number of hydrogen-bond donors (Lipinski definition) is 1. The number of benzene rings is 2. The maximum absolute atomic E-state index is 9.31. The van der Waals surface area contributed by atoms with E-state index in [1.165, 1.54) is 5.56 Å². The second-order valence-electron chi connectivity index (χ2n) is 6.29. The number of oxazole rings is 1. The Kier molecular flexibility index (Phi) is 4.57. The van der Waals surface area contributed by atoms with Gasteiger partial charge in [-0.2, -0.15) is 5.26 Å². The van der Waals surface area contributed by atoms with Crippen LogP contribution in [-0.4, -0.2) is 18.1 Å². The fraction of sp³-hybridized carbons (Fsp3) is 0.238. The van der Waals surface area contributed by atoms with Gasteiger partial charge in [0.1, 0.15) is 18.4 Å². The molecule has 1 aliphatic rings. The lowest BCUT2D eigenvalue weighted by molar-refractivity contribution is 0.331. The molecule has 26 heavy (non-hydrogen) atoms. The largest absolute Gasteiger partial charge is 0.492 e. The number of nitrogens with one attached hydrogen (secondary N) is 1. The molecule has 5 heteroatoms. The van der Waals surface area contributed by atoms with Crippen LogP contribution in [0, 0.1) is 11.3 Å². The summed E-state index contributed by atoms with van der Waals surface area (Å²) < 4.78 is 11.5. The molecule has 1 saturated carbocycles. The standard InChI is InChI=1S/C21H19N3O2/c22-14-19-21(23-11-12-25-16-9-5-2-6-10-16)26-20(24-19)18-13-17(18)15-7-3-1-4-8-15/h1-10,17-18,23H,11-13H2/t17-,18+/m1/s1. The molecular formula is C21H19N3O2. The first-order valence-corrected chi connectivity index (χ1v) is 8.72. The first-order chi connectivity index (χ1) is 12.8. The summed E-state index contributed by atoms with van der Waals surface area (Å²) in [7, 11) is 0. The van der Waals surface area contributed by atoms with Gasteiger partial charge in [0.25, 0.3) is 0 Å². The van der Waals surface area contributed by atoms with Crippen molar-refractivity contribution in [3.8, 4) is 11.8 Å². The van der Waals surface area contributed by atoms with Crippen molar-refractivity contribution in [2.24, 2.45) is 0 Å². The second-order valence-corrected chi connectivity index (χ2v) is 6.29. The number of para-hydroxylation sites is 1. The SMILES string of the molecule is N#Cc1nc([C@H]2C[C@@H]2c2ccccc2)oc1NCCOc1ccccc1. The average molecular weight is 345 g/mol. The molecular weight excluding hydrogens is 326 g/mol. The van der Waals surface area contributed by atoms with E-state index in [1.54, 1.807) is 0 Å². The quantitative estimate of drug-likeness (QED) is 0.646. The van der Waals surface area contributed by atoms with Crippen molar-refractivity contribution in [3.63, 3.8) is 0 Å². The van der Waals surface area contributed by atoms with Gasteiger partial charge in [0.2, 0.25) is 17.5 Å². The predicted octanol–water partition coefficient (Wildman–Crippen LogP) is 4.31. The second kappa shape index (κ2) is 7.32. The number of rotatable bonds is 7. The first kappa shape index (κ1) is 16.2. The molecule has 1 aliphatic carbocycles. The summed E-state index contributed by atoms with van der Waals surface area (Å²) in [5.41, 5.74) is 1.60. The van der Waals surface area contributed by atoms with Crippen molar-refractivity contribution >= 4 is 5.88 Å². The number of aromatic nitrogens is 1. The Morgan fingerprint density at radius 1 is 1.08 bits per heavy atom. The summed E-state index contributed by atoms with van der Waals surface area (Å²) in [6.45, 7) is 1.01. The van der Waals surface area contributed by atoms with Crippen molar-refractivity contribution in [1.29, 1.82) is 5.26 Å². The normalized spacial score (nSPS) is 18.1. The third-order valence-corrected chi connectivity index (χ3v) is 4.48. The van der Waals surface area contributed by atoms with Gasteiger partial charge in [0, 0.05) is 5.92 Å². The van der Waals surface area contributed by atoms with Crippen LogP contribution in [0.4, 0.5) is 5.88 Å². The van der Waals surface area contributed by atoms with Crippen LogP contribution in [0.15, 0.2) is 65.1 Å². The number of nitrogens with zero attached hydrogens (tertiary/aromatic N) is 2. The number of nitriles is 1. The fourth-order valence-electron chi connectivity index (χ4n) is 3.08. The Balaban J connectivity index is 1.35. The highest BCUT2D eigenvalue weighted by Crippen LogP contribution is 2.54. The molecule has 0 amide bonds. The van der Waals surface area contributed by atoms with Gasteiger partial charge in [-0.1, -0.05) is 48.5 Å². The summed E-state index contributed by atoms with van der Waals surface area (Å²) in [5.74, 6) is 2.56. The van der Waals surface area contributed by atoms with Crippen LogP contribution in [0.1, 0.15) is 35.4 Å². The number of anilines is 1. The van der Waals surface area contributed by atoms with Gasteiger partial charge in [-0.05, 0) is 30.0 Å². The highest BCUT2D eigenvalue weighted by Gasteiger charge is 2.43. The van der Waals surface area contributed by atoms with E-state index in [1.807, 2.05) is 48.5 Å². The van der Waals surface area contributed by atoms with Crippen LogP contribution >= 0.6 is 0 Å². The predicted molar refractivity (Wildman–Crippen MR) is 98.2 cm³/mol. The third-order valence-electron chi connectivity index (χ3n) is 4.48. The van der Waals surface area contributed by atoms with Gasteiger partial charge >= 0.3 is 0 Å². The maximum atomic E-state index is 9.31. The zero-order chi connectivity index (χ0) is 17.8. The van der Waals surface area contributed by atoms with E-state index < -0.39 is 0 Å². The van der Waals surface area contributed by atoms with E-state index in [0.717, 1.165) is 12.2 Å². The van der Waals surface area contributed by atoms with Crippen LogP contribution in [0.3, 0.4) is 0 Å². The van der Waals surface area contributed by atoms with Gasteiger partial charge in [-0.15, -0.1) is 0 Å². The summed E-state index contributed by atoms with van der Waals surface area (Å²) in [4.78, 5) is 4.37. The van der Waals surface area contributed by atoms with Crippen molar-refractivity contribution in [2.45, 2.75) is 18.3 Å². The van der Waals surface area contributed by atoms with Crippen LogP contribution < -0.4 is 10.1 Å². The molecule has 3 aromatic rings. The fourth-order valence-corrected chi connectivity index (χ4v) is 3.08. The molecule has 130 valence electrons. The molecule has 0 aliphatic heterocycles. The van der Waals surface area contributed by atoms with E-state index in [9.17, 15) is 5.26 Å².